The zero-order valence-electron chi connectivity index (χ0n) is 21.8. The van der Waals surface area contributed by atoms with Crippen molar-refractivity contribution in [1.29, 1.82) is 0 Å². The second-order valence-electron chi connectivity index (χ2n) is 10.0. The van der Waals surface area contributed by atoms with E-state index in [0.29, 0.717) is 73.9 Å². The minimum Gasteiger partial charge on any atom is -0.378 e. The van der Waals surface area contributed by atoms with Crippen LogP contribution in [0.25, 0.3) is 16.9 Å². The number of likely N-dealkylation sites (N-methyl/N-ethyl adjacent to an activating group) is 1. The normalized spacial score (nSPS) is 17.1. The zero-order valence-corrected chi connectivity index (χ0v) is 21.8. The molecule has 2 aliphatic rings. The Morgan fingerprint density at radius 1 is 1.08 bits per heavy atom. The minimum atomic E-state index is -2.76. The van der Waals surface area contributed by atoms with E-state index in [1.807, 2.05) is 23.9 Å². The van der Waals surface area contributed by atoms with Crippen molar-refractivity contribution in [3.63, 3.8) is 0 Å². The number of morpholine rings is 1. The highest BCUT2D eigenvalue weighted by Crippen LogP contribution is 2.29. The van der Waals surface area contributed by atoms with E-state index in [0.717, 1.165) is 25.9 Å². The van der Waals surface area contributed by atoms with Crippen molar-refractivity contribution in [3.05, 3.63) is 36.2 Å². The number of amides is 1. The second-order valence-corrected chi connectivity index (χ2v) is 10.0. The van der Waals surface area contributed by atoms with E-state index in [1.54, 1.807) is 30.3 Å². The Labute approximate surface area is 220 Å². The summed E-state index contributed by atoms with van der Waals surface area (Å²) in [5, 5.41) is 3.36. The fourth-order valence-corrected chi connectivity index (χ4v) is 4.99. The maximum absolute atomic E-state index is 14.1. The molecule has 2 aliphatic heterocycles. The Hall–Kier alpha value is -3.38. The molecule has 2 saturated heterocycles. The molecule has 2 aromatic heterocycles. The van der Waals surface area contributed by atoms with Crippen molar-refractivity contribution < 1.29 is 18.3 Å². The molecule has 0 aliphatic carbocycles. The van der Waals surface area contributed by atoms with Gasteiger partial charge in [0.25, 0.3) is 6.43 Å². The van der Waals surface area contributed by atoms with Crippen molar-refractivity contribution in [2.45, 2.75) is 19.3 Å². The minimum absolute atomic E-state index is 0.148. The van der Waals surface area contributed by atoms with E-state index < -0.39 is 6.43 Å². The van der Waals surface area contributed by atoms with Gasteiger partial charge >= 0.3 is 0 Å². The number of benzene rings is 1. The molecule has 10 nitrogen and oxygen atoms in total. The second kappa shape index (κ2) is 11.6. The number of rotatable bonds is 8. The van der Waals surface area contributed by atoms with Gasteiger partial charge in [0.15, 0.2) is 5.82 Å². The number of carbonyl (C=O) groups excluding carboxylic acids is 1. The first-order valence-corrected chi connectivity index (χ1v) is 13.0. The molecule has 2 fully saturated rings. The first kappa shape index (κ1) is 26.2. The number of aromatic nitrogens is 4. The number of anilines is 2. The average Bonchev–Trinajstić information content (AvgIpc) is 3.32. The fraction of sp³-hybridized carbons (Fsp3) is 0.538. The number of hydrogen-bond donors (Lipinski definition) is 1. The van der Waals surface area contributed by atoms with Gasteiger partial charge < -0.3 is 24.8 Å². The van der Waals surface area contributed by atoms with Crippen LogP contribution in [0.3, 0.4) is 0 Å². The molecular weight excluding hydrogens is 494 g/mol. The highest BCUT2D eigenvalue weighted by molar-refractivity contribution is 5.79. The molecule has 1 N–H and O–H groups in total. The number of nitrogens with one attached hydrogen (secondary N) is 1. The van der Waals surface area contributed by atoms with Gasteiger partial charge in [-0.05, 0) is 45.0 Å². The standard InChI is InChI=1S/C26H34F2N8O2/c1-33(2)17-23(37)35-9-7-18(8-10-35)16-29-26-31-21(34-11-13-38-14-12-34)15-22(32-26)36-20-6-4-3-5-19(20)30-25(36)24(27)28/h3-6,15,18,24H,7-14,16-17H2,1-2H3,(H,29,31,32). The number of hydrogen-bond acceptors (Lipinski definition) is 8. The first-order valence-electron chi connectivity index (χ1n) is 13.0. The molecule has 1 amide bonds. The van der Waals surface area contributed by atoms with E-state index in [4.69, 9.17) is 9.72 Å². The molecule has 4 heterocycles. The van der Waals surface area contributed by atoms with Crippen LogP contribution in [-0.2, 0) is 9.53 Å². The van der Waals surface area contributed by atoms with Crippen LogP contribution in [0, 0.1) is 5.92 Å². The van der Waals surface area contributed by atoms with Crippen molar-refractivity contribution in [3.8, 4) is 5.82 Å². The van der Waals surface area contributed by atoms with Crippen molar-refractivity contribution in [1.82, 2.24) is 29.3 Å². The lowest BCUT2D eigenvalue weighted by Crippen LogP contribution is -2.43. The number of piperidine rings is 1. The van der Waals surface area contributed by atoms with Gasteiger partial charge in [-0.15, -0.1) is 0 Å². The predicted octanol–water partition coefficient (Wildman–Crippen LogP) is 2.80. The van der Waals surface area contributed by atoms with Gasteiger partial charge in [0.2, 0.25) is 11.9 Å². The van der Waals surface area contributed by atoms with Gasteiger partial charge in [-0.25, -0.2) is 13.8 Å². The molecule has 0 saturated carbocycles. The summed E-state index contributed by atoms with van der Waals surface area (Å²) in [6, 6.07) is 8.81. The maximum atomic E-state index is 14.1. The maximum Gasteiger partial charge on any atom is 0.296 e. The lowest BCUT2D eigenvalue weighted by molar-refractivity contribution is -0.133. The van der Waals surface area contributed by atoms with Gasteiger partial charge in [-0.1, -0.05) is 12.1 Å². The summed E-state index contributed by atoms with van der Waals surface area (Å²) in [7, 11) is 3.79. The van der Waals surface area contributed by atoms with Crippen LogP contribution in [0.1, 0.15) is 25.1 Å². The summed E-state index contributed by atoms with van der Waals surface area (Å²) in [4.78, 5) is 31.8. The number of alkyl halides is 2. The number of para-hydroxylation sites is 2. The van der Waals surface area contributed by atoms with Crippen LogP contribution in [-0.4, -0.2) is 102 Å². The highest BCUT2D eigenvalue weighted by atomic mass is 19.3. The lowest BCUT2D eigenvalue weighted by Gasteiger charge is -2.33. The monoisotopic (exact) mass is 528 g/mol. The van der Waals surface area contributed by atoms with Crippen LogP contribution in [0.2, 0.25) is 0 Å². The van der Waals surface area contributed by atoms with Gasteiger partial charge in [0.1, 0.15) is 11.6 Å². The Morgan fingerprint density at radius 3 is 2.50 bits per heavy atom. The first-order chi connectivity index (χ1) is 18.4. The van der Waals surface area contributed by atoms with Gasteiger partial charge in [-0.2, -0.15) is 9.97 Å². The topological polar surface area (TPSA) is 91.7 Å². The summed E-state index contributed by atoms with van der Waals surface area (Å²) in [5.41, 5.74) is 1.05. The van der Waals surface area contributed by atoms with E-state index in [-0.39, 0.29) is 11.7 Å². The molecule has 12 heteroatoms. The lowest BCUT2D eigenvalue weighted by atomic mass is 9.97. The van der Waals surface area contributed by atoms with Crippen molar-refractivity contribution in [2.75, 3.05) is 76.8 Å². The summed E-state index contributed by atoms with van der Waals surface area (Å²) in [5.74, 6) is 1.53. The summed E-state index contributed by atoms with van der Waals surface area (Å²) < 4.78 is 35.0. The van der Waals surface area contributed by atoms with E-state index in [9.17, 15) is 13.6 Å². The SMILES string of the molecule is CN(C)CC(=O)N1CCC(CNc2nc(N3CCOCC3)cc(-n3c(C(F)F)nc4ccccc43)n2)CC1. The fourth-order valence-electron chi connectivity index (χ4n) is 4.99. The van der Waals surface area contributed by atoms with E-state index >= 15 is 0 Å². The number of likely N-dealkylation sites (tertiary alicyclic amines) is 1. The van der Waals surface area contributed by atoms with Gasteiger partial charge in [0, 0.05) is 38.8 Å². The van der Waals surface area contributed by atoms with Gasteiger partial charge in [-0.3, -0.25) is 9.36 Å². The molecular formula is C26H34F2N8O2. The molecule has 0 atom stereocenters. The number of halogens is 2. The zero-order chi connectivity index (χ0) is 26.6. The Balaban J connectivity index is 1.38. The average molecular weight is 529 g/mol. The quantitative estimate of drug-likeness (QED) is 0.477. The summed E-state index contributed by atoms with van der Waals surface area (Å²) in [6.45, 7) is 4.94. The van der Waals surface area contributed by atoms with Crippen molar-refractivity contribution >= 4 is 28.7 Å². The molecule has 204 valence electrons. The predicted molar refractivity (Wildman–Crippen MR) is 141 cm³/mol. The Morgan fingerprint density at radius 2 is 1.79 bits per heavy atom. The number of fused-ring (bicyclic) bond motifs is 1. The van der Waals surface area contributed by atoms with Crippen LogP contribution >= 0.6 is 0 Å². The number of nitrogens with zero attached hydrogens (tertiary/aromatic N) is 7. The van der Waals surface area contributed by atoms with E-state index in [2.05, 4.69) is 20.2 Å². The number of carbonyl (C=O) groups is 1. The molecule has 0 radical (unpaired) electrons. The molecule has 1 aromatic carbocycles. The third-order valence-electron chi connectivity index (χ3n) is 7.01. The molecule has 38 heavy (non-hydrogen) atoms. The number of ether oxygens (including phenoxy) is 1. The number of imidazole rings is 1. The van der Waals surface area contributed by atoms with Crippen LogP contribution < -0.4 is 10.2 Å². The summed E-state index contributed by atoms with van der Waals surface area (Å²) >= 11 is 0. The highest BCUT2D eigenvalue weighted by Gasteiger charge is 2.25. The molecule has 0 bridgehead atoms. The molecule has 3 aromatic rings. The molecule has 5 rings (SSSR count). The summed E-state index contributed by atoms with van der Waals surface area (Å²) in [6.07, 6.45) is -1.01. The van der Waals surface area contributed by atoms with Crippen LogP contribution in [0.5, 0.6) is 0 Å². The van der Waals surface area contributed by atoms with Crippen LogP contribution in [0.15, 0.2) is 30.3 Å². The largest absolute Gasteiger partial charge is 0.378 e. The third kappa shape index (κ3) is 5.86. The van der Waals surface area contributed by atoms with Gasteiger partial charge in [0.05, 0.1) is 30.8 Å². The van der Waals surface area contributed by atoms with Crippen molar-refractivity contribution in [2.24, 2.45) is 5.92 Å². The third-order valence-corrected chi connectivity index (χ3v) is 7.01. The van der Waals surface area contributed by atoms with Crippen LogP contribution in [0.4, 0.5) is 20.5 Å². The Kier molecular flexibility index (Phi) is 7.98. The Bertz CT molecular complexity index is 1250. The smallest absolute Gasteiger partial charge is 0.296 e. The molecule has 0 spiro atoms. The molecule has 0 unspecified atom stereocenters. The van der Waals surface area contributed by atoms with E-state index in [1.165, 1.54) is 4.57 Å².